The molecule has 0 spiro atoms. The van der Waals surface area contributed by atoms with Gasteiger partial charge in [-0.05, 0) is 56.7 Å². The SMILES string of the molecule is CCOC(=O)C1C(C)N=c2s/c(=C/c3ccc4c(c3)OCO4)c(=O)n2C1c1ccc(C)o1. The van der Waals surface area contributed by atoms with Crippen LogP contribution in [0.2, 0.25) is 0 Å². The zero-order valence-corrected chi connectivity index (χ0v) is 18.7. The van der Waals surface area contributed by atoms with Gasteiger partial charge in [0.1, 0.15) is 23.5 Å². The average Bonchev–Trinajstić information content (AvgIpc) is 3.47. The standard InChI is InChI=1S/C23H22N2O6S/c1-4-28-22(27)19-13(3)24-23-25(20(19)16-7-5-12(2)31-16)21(26)18(32-23)10-14-6-8-15-17(9-14)30-11-29-15/h5-10,13,19-20H,4,11H2,1-3H3/b18-10+. The number of ether oxygens (including phenoxy) is 3. The molecule has 1 aromatic carbocycles. The minimum atomic E-state index is -0.668. The number of furan rings is 1. The fourth-order valence-corrected chi connectivity index (χ4v) is 5.23. The first-order valence-corrected chi connectivity index (χ1v) is 11.2. The van der Waals surface area contributed by atoms with Gasteiger partial charge < -0.3 is 18.6 Å². The highest BCUT2D eigenvalue weighted by Crippen LogP contribution is 2.34. The number of carbonyl (C=O) groups is 1. The summed E-state index contributed by atoms with van der Waals surface area (Å²) < 4.78 is 24.1. The highest BCUT2D eigenvalue weighted by Gasteiger charge is 2.42. The number of esters is 1. The van der Waals surface area contributed by atoms with Crippen molar-refractivity contribution in [1.29, 1.82) is 0 Å². The summed E-state index contributed by atoms with van der Waals surface area (Å²) in [6.45, 7) is 5.88. The first-order chi connectivity index (χ1) is 15.5. The molecule has 8 nitrogen and oxygen atoms in total. The smallest absolute Gasteiger partial charge is 0.313 e. The molecule has 3 aromatic rings. The molecule has 0 aliphatic carbocycles. The van der Waals surface area contributed by atoms with E-state index in [9.17, 15) is 9.59 Å². The van der Waals surface area contributed by atoms with Crippen LogP contribution < -0.4 is 24.4 Å². The Balaban J connectivity index is 1.67. The minimum Gasteiger partial charge on any atom is -0.466 e. The van der Waals surface area contributed by atoms with Crippen molar-refractivity contribution in [2.45, 2.75) is 32.9 Å². The van der Waals surface area contributed by atoms with Gasteiger partial charge in [0.2, 0.25) is 6.79 Å². The summed E-state index contributed by atoms with van der Waals surface area (Å²) in [5.41, 5.74) is 0.581. The van der Waals surface area contributed by atoms with Crippen LogP contribution in [0.15, 0.2) is 44.5 Å². The summed E-state index contributed by atoms with van der Waals surface area (Å²) in [6.07, 6.45) is 1.80. The lowest BCUT2D eigenvalue weighted by Gasteiger charge is -2.30. The number of nitrogens with zero attached hydrogens (tertiary/aromatic N) is 2. The third-order valence-corrected chi connectivity index (χ3v) is 6.59. The minimum absolute atomic E-state index is 0.186. The molecular weight excluding hydrogens is 432 g/mol. The molecule has 4 heterocycles. The van der Waals surface area contributed by atoms with Gasteiger partial charge in [0.25, 0.3) is 5.56 Å². The van der Waals surface area contributed by atoms with Crippen molar-refractivity contribution < 1.29 is 23.4 Å². The summed E-state index contributed by atoms with van der Waals surface area (Å²) in [5.74, 6) is 1.50. The Labute approximate surface area is 187 Å². The lowest BCUT2D eigenvalue weighted by molar-refractivity contribution is -0.150. The quantitative estimate of drug-likeness (QED) is 0.561. The van der Waals surface area contributed by atoms with E-state index in [1.54, 1.807) is 23.6 Å². The van der Waals surface area contributed by atoms with Crippen LogP contribution in [0, 0.1) is 12.8 Å². The zero-order chi connectivity index (χ0) is 22.4. The van der Waals surface area contributed by atoms with Crippen LogP contribution in [0.5, 0.6) is 11.5 Å². The molecule has 0 bridgehead atoms. The van der Waals surface area contributed by atoms with Gasteiger partial charge in [-0.25, -0.2) is 0 Å². The monoisotopic (exact) mass is 454 g/mol. The molecule has 5 rings (SSSR count). The van der Waals surface area contributed by atoms with Gasteiger partial charge in [-0.3, -0.25) is 19.1 Å². The average molecular weight is 455 g/mol. The molecule has 0 N–H and O–H groups in total. The van der Waals surface area contributed by atoms with Crippen molar-refractivity contribution in [2.75, 3.05) is 13.4 Å². The molecule has 0 amide bonds. The first-order valence-electron chi connectivity index (χ1n) is 10.4. The van der Waals surface area contributed by atoms with Crippen molar-refractivity contribution in [1.82, 2.24) is 4.57 Å². The summed E-state index contributed by atoms with van der Waals surface area (Å²) in [7, 11) is 0. The van der Waals surface area contributed by atoms with Crippen LogP contribution in [-0.4, -0.2) is 30.0 Å². The van der Waals surface area contributed by atoms with Crippen LogP contribution in [0.1, 0.15) is 37.0 Å². The van der Waals surface area contributed by atoms with Gasteiger partial charge >= 0.3 is 5.97 Å². The topological polar surface area (TPSA) is 92.3 Å². The zero-order valence-electron chi connectivity index (χ0n) is 17.9. The van der Waals surface area contributed by atoms with Gasteiger partial charge in [0, 0.05) is 0 Å². The maximum atomic E-state index is 13.5. The van der Waals surface area contributed by atoms with Crippen molar-refractivity contribution in [3.8, 4) is 11.5 Å². The highest BCUT2D eigenvalue weighted by atomic mass is 32.1. The van der Waals surface area contributed by atoms with Crippen LogP contribution in [0.25, 0.3) is 6.08 Å². The third kappa shape index (κ3) is 3.42. The molecule has 0 saturated heterocycles. The Morgan fingerprint density at radius 3 is 2.84 bits per heavy atom. The maximum absolute atomic E-state index is 13.5. The van der Waals surface area contributed by atoms with Crippen LogP contribution in [0.4, 0.5) is 0 Å². The lowest BCUT2D eigenvalue weighted by Crippen LogP contribution is -2.47. The number of carbonyl (C=O) groups excluding carboxylic acids is 1. The molecule has 0 radical (unpaired) electrons. The number of hydrogen-bond acceptors (Lipinski definition) is 8. The number of benzene rings is 1. The number of aryl methyl sites for hydroxylation is 1. The van der Waals surface area contributed by atoms with E-state index in [1.807, 2.05) is 38.1 Å². The van der Waals surface area contributed by atoms with E-state index in [0.717, 1.165) is 5.56 Å². The van der Waals surface area contributed by atoms with E-state index in [0.29, 0.717) is 32.4 Å². The van der Waals surface area contributed by atoms with Gasteiger partial charge in [0.05, 0.1) is 17.2 Å². The second kappa shape index (κ2) is 7.98. The van der Waals surface area contributed by atoms with E-state index in [2.05, 4.69) is 4.99 Å². The Kier molecular flexibility index (Phi) is 5.13. The van der Waals surface area contributed by atoms with E-state index >= 15 is 0 Å². The fourth-order valence-electron chi connectivity index (χ4n) is 4.14. The predicted octanol–water partition coefficient (Wildman–Crippen LogP) is 2.16. The van der Waals surface area contributed by atoms with E-state index in [-0.39, 0.29) is 25.0 Å². The van der Waals surface area contributed by atoms with Crippen LogP contribution in [0.3, 0.4) is 0 Å². The molecule has 32 heavy (non-hydrogen) atoms. The molecular formula is C23H22N2O6S. The lowest BCUT2D eigenvalue weighted by atomic mass is 9.90. The van der Waals surface area contributed by atoms with Crippen LogP contribution in [-0.2, 0) is 9.53 Å². The normalized spacial score (nSPS) is 21.8. The number of thiazole rings is 1. The molecule has 9 heteroatoms. The van der Waals surface area contributed by atoms with Gasteiger partial charge in [-0.2, -0.15) is 0 Å². The van der Waals surface area contributed by atoms with Crippen molar-refractivity contribution in [2.24, 2.45) is 10.9 Å². The Bertz CT molecular complexity index is 1370. The molecule has 166 valence electrons. The van der Waals surface area contributed by atoms with Gasteiger partial charge in [-0.1, -0.05) is 17.4 Å². The summed E-state index contributed by atoms with van der Waals surface area (Å²) >= 11 is 1.29. The largest absolute Gasteiger partial charge is 0.466 e. The van der Waals surface area contributed by atoms with Gasteiger partial charge in [-0.15, -0.1) is 0 Å². The number of rotatable bonds is 4. The number of hydrogen-bond donors (Lipinski definition) is 0. The predicted molar refractivity (Wildman–Crippen MR) is 117 cm³/mol. The molecule has 2 aliphatic heterocycles. The number of fused-ring (bicyclic) bond motifs is 2. The first kappa shape index (κ1) is 20.6. The Hall–Kier alpha value is -3.33. The molecule has 3 atom stereocenters. The molecule has 2 aromatic heterocycles. The highest BCUT2D eigenvalue weighted by molar-refractivity contribution is 7.07. The van der Waals surface area contributed by atoms with E-state index < -0.39 is 17.9 Å². The van der Waals surface area contributed by atoms with E-state index in [4.69, 9.17) is 18.6 Å². The Morgan fingerprint density at radius 2 is 2.09 bits per heavy atom. The molecule has 3 unspecified atom stereocenters. The second-order valence-corrected chi connectivity index (χ2v) is 8.73. The Morgan fingerprint density at radius 1 is 1.28 bits per heavy atom. The van der Waals surface area contributed by atoms with Crippen molar-refractivity contribution in [3.63, 3.8) is 0 Å². The summed E-state index contributed by atoms with van der Waals surface area (Å²) in [5, 5.41) is 0. The van der Waals surface area contributed by atoms with Crippen LogP contribution >= 0.6 is 11.3 Å². The molecule has 0 saturated carbocycles. The second-order valence-electron chi connectivity index (χ2n) is 7.72. The van der Waals surface area contributed by atoms with E-state index in [1.165, 1.54) is 11.3 Å². The fraction of sp³-hybridized carbons (Fsp3) is 0.348. The summed E-state index contributed by atoms with van der Waals surface area (Å²) in [6, 6.07) is 8.14. The number of aromatic nitrogens is 1. The third-order valence-electron chi connectivity index (χ3n) is 5.59. The maximum Gasteiger partial charge on any atom is 0.313 e. The van der Waals surface area contributed by atoms with Gasteiger partial charge in [0.15, 0.2) is 16.3 Å². The summed E-state index contributed by atoms with van der Waals surface area (Å²) in [4.78, 5) is 31.6. The molecule has 2 aliphatic rings. The van der Waals surface area contributed by atoms with Crippen molar-refractivity contribution in [3.05, 3.63) is 67.1 Å². The van der Waals surface area contributed by atoms with Crippen molar-refractivity contribution >= 4 is 23.4 Å². The molecule has 0 fully saturated rings.